The average molecular weight is 222 g/mol. The Kier molecular flexibility index (Phi) is 4.63. The van der Waals surface area contributed by atoms with E-state index in [0.29, 0.717) is 11.8 Å². The molecule has 0 amide bonds. The van der Waals surface area contributed by atoms with Gasteiger partial charge in [-0.1, -0.05) is 17.8 Å². The number of benzene rings is 1. The molecule has 0 aliphatic rings. The molecule has 0 N–H and O–H groups in total. The summed E-state index contributed by atoms with van der Waals surface area (Å²) in [6.45, 7) is 0. The van der Waals surface area contributed by atoms with Crippen LogP contribution in [-0.2, 0) is 9.53 Å². The normalized spacial score (nSPS) is 10.2. The van der Waals surface area contributed by atoms with Crippen molar-refractivity contribution >= 4 is 24.0 Å². The standard InChI is InChI=1S/C11H10O3S/c1-14-11(13)9-4-2-5-10(8-9)15-7-3-6-12/h2-8H,1H3/b7-3+. The molecule has 78 valence electrons. The third-order valence-corrected chi connectivity index (χ3v) is 2.44. The van der Waals surface area contributed by atoms with Crippen LogP contribution in [0.2, 0.25) is 0 Å². The van der Waals surface area contributed by atoms with E-state index in [1.165, 1.54) is 24.9 Å². The molecule has 4 heteroatoms. The number of carbonyl (C=O) groups is 2. The van der Waals surface area contributed by atoms with Gasteiger partial charge in [-0.2, -0.15) is 0 Å². The highest BCUT2D eigenvalue weighted by atomic mass is 32.2. The van der Waals surface area contributed by atoms with Gasteiger partial charge in [0, 0.05) is 4.90 Å². The third kappa shape index (κ3) is 3.59. The zero-order chi connectivity index (χ0) is 11.1. The van der Waals surface area contributed by atoms with Crippen LogP contribution in [0.25, 0.3) is 0 Å². The largest absolute Gasteiger partial charge is 0.465 e. The number of aldehydes is 1. The number of hydrogen-bond acceptors (Lipinski definition) is 4. The molecular formula is C11H10O3S. The molecule has 0 fully saturated rings. The predicted molar refractivity (Wildman–Crippen MR) is 58.8 cm³/mol. The first-order chi connectivity index (χ1) is 7.27. The van der Waals surface area contributed by atoms with Gasteiger partial charge in [0.05, 0.1) is 12.7 Å². The van der Waals surface area contributed by atoms with Crippen LogP contribution in [0.4, 0.5) is 0 Å². The summed E-state index contributed by atoms with van der Waals surface area (Å²) in [6.07, 6.45) is 2.10. The lowest BCUT2D eigenvalue weighted by Crippen LogP contribution is -2.00. The van der Waals surface area contributed by atoms with E-state index in [4.69, 9.17) is 0 Å². The van der Waals surface area contributed by atoms with Crippen molar-refractivity contribution in [2.24, 2.45) is 0 Å². The number of thioether (sulfide) groups is 1. The first-order valence-electron chi connectivity index (χ1n) is 4.23. The lowest BCUT2D eigenvalue weighted by Gasteiger charge is -2.00. The average Bonchev–Trinajstić information content (AvgIpc) is 2.29. The predicted octanol–water partition coefficient (Wildman–Crippen LogP) is 2.28. The van der Waals surface area contributed by atoms with Gasteiger partial charge in [0.15, 0.2) is 0 Å². The summed E-state index contributed by atoms with van der Waals surface area (Å²) < 4.78 is 4.59. The molecule has 0 saturated carbocycles. The van der Waals surface area contributed by atoms with Crippen molar-refractivity contribution in [3.05, 3.63) is 41.3 Å². The van der Waals surface area contributed by atoms with Gasteiger partial charge >= 0.3 is 5.97 Å². The Morgan fingerprint density at radius 3 is 2.93 bits per heavy atom. The fourth-order valence-electron chi connectivity index (χ4n) is 0.964. The molecule has 15 heavy (non-hydrogen) atoms. The number of carbonyl (C=O) groups excluding carboxylic acids is 2. The summed E-state index contributed by atoms with van der Waals surface area (Å²) in [5.41, 5.74) is 0.502. The second-order valence-electron chi connectivity index (χ2n) is 2.60. The lowest BCUT2D eigenvalue weighted by atomic mass is 10.2. The fourth-order valence-corrected chi connectivity index (χ4v) is 1.62. The van der Waals surface area contributed by atoms with E-state index in [-0.39, 0.29) is 5.97 Å². The van der Waals surface area contributed by atoms with Crippen molar-refractivity contribution in [3.63, 3.8) is 0 Å². The minimum absolute atomic E-state index is 0.364. The molecule has 1 aromatic carbocycles. The highest BCUT2D eigenvalue weighted by molar-refractivity contribution is 8.02. The van der Waals surface area contributed by atoms with E-state index >= 15 is 0 Å². The topological polar surface area (TPSA) is 43.4 Å². The summed E-state index contributed by atoms with van der Waals surface area (Å²) >= 11 is 1.37. The van der Waals surface area contributed by atoms with Crippen LogP contribution in [0, 0.1) is 0 Å². The van der Waals surface area contributed by atoms with Gasteiger partial charge in [-0.25, -0.2) is 4.79 Å². The molecule has 0 unspecified atom stereocenters. The SMILES string of the molecule is COC(=O)c1cccc(S/C=C/C=O)c1. The monoisotopic (exact) mass is 222 g/mol. The Morgan fingerprint density at radius 2 is 2.27 bits per heavy atom. The van der Waals surface area contributed by atoms with Crippen molar-refractivity contribution in [2.75, 3.05) is 7.11 Å². The van der Waals surface area contributed by atoms with E-state index in [1.54, 1.807) is 23.6 Å². The lowest BCUT2D eigenvalue weighted by molar-refractivity contribution is -0.104. The summed E-state index contributed by atoms with van der Waals surface area (Å²) in [5.74, 6) is -0.364. The molecule has 0 spiro atoms. The molecule has 3 nitrogen and oxygen atoms in total. The first kappa shape index (κ1) is 11.5. The highest BCUT2D eigenvalue weighted by Gasteiger charge is 2.04. The van der Waals surface area contributed by atoms with Crippen LogP contribution in [-0.4, -0.2) is 19.4 Å². The molecule has 0 aliphatic carbocycles. The Morgan fingerprint density at radius 1 is 1.47 bits per heavy atom. The Bertz CT molecular complexity index is 385. The van der Waals surface area contributed by atoms with Crippen molar-refractivity contribution in [1.82, 2.24) is 0 Å². The Balaban J connectivity index is 2.78. The Hall–Kier alpha value is -1.55. The quantitative estimate of drug-likeness (QED) is 0.339. The minimum atomic E-state index is -0.364. The number of esters is 1. The van der Waals surface area contributed by atoms with Crippen molar-refractivity contribution in [2.45, 2.75) is 4.90 Å². The Labute approximate surface area is 92.1 Å². The van der Waals surface area contributed by atoms with Crippen LogP contribution in [0.5, 0.6) is 0 Å². The number of rotatable bonds is 4. The molecule has 0 heterocycles. The zero-order valence-electron chi connectivity index (χ0n) is 8.17. The van der Waals surface area contributed by atoms with Gasteiger partial charge in [0.25, 0.3) is 0 Å². The van der Waals surface area contributed by atoms with Gasteiger partial charge < -0.3 is 4.74 Å². The van der Waals surface area contributed by atoms with Crippen LogP contribution in [0.3, 0.4) is 0 Å². The fraction of sp³-hybridized carbons (Fsp3) is 0.0909. The minimum Gasteiger partial charge on any atom is -0.465 e. The molecule has 0 aliphatic heterocycles. The molecule has 0 aromatic heterocycles. The number of hydrogen-bond donors (Lipinski definition) is 0. The van der Waals surface area contributed by atoms with E-state index in [0.717, 1.165) is 4.90 Å². The summed E-state index contributed by atoms with van der Waals surface area (Å²) in [4.78, 5) is 22.1. The summed E-state index contributed by atoms with van der Waals surface area (Å²) in [7, 11) is 1.34. The molecular weight excluding hydrogens is 212 g/mol. The maximum Gasteiger partial charge on any atom is 0.337 e. The molecule has 0 bridgehead atoms. The van der Waals surface area contributed by atoms with Crippen LogP contribution in [0.15, 0.2) is 40.6 Å². The summed E-state index contributed by atoms with van der Waals surface area (Å²) in [6, 6.07) is 7.01. The second kappa shape index (κ2) is 6.03. The maximum absolute atomic E-state index is 11.2. The van der Waals surface area contributed by atoms with Crippen LogP contribution in [0.1, 0.15) is 10.4 Å². The van der Waals surface area contributed by atoms with E-state index in [9.17, 15) is 9.59 Å². The van der Waals surface area contributed by atoms with Crippen molar-refractivity contribution in [3.8, 4) is 0 Å². The smallest absolute Gasteiger partial charge is 0.337 e. The van der Waals surface area contributed by atoms with Crippen molar-refractivity contribution in [1.29, 1.82) is 0 Å². The van der Waals surface area contributed by atoms with Gasteiger partial charge in [0.2, 0.25) is 0 Å². The van der Waals surface area contributed by atoms with Gasteiger partial charge in [-0.15, -0.1) is 0 Å². The number of methoxy groups -OCH3 is 1. The van der Waals surface area contributed by atoms with Crippen LogP contribution >= 0.6 is 11.8 Å². The number of ether oxygens (including phenoxy) is 1. The summed E-state index contributed by atoms with van der Waals surface area (Å²) in [5, 5.41) is 1.66. The van der Waals surface area contributed by atoms with E-state index in [1.807, 2.05) is 6.07 Å². The maximum atomic E-state index is 11.2. The van der Waals surface area contributed by atoms with Crippen molar-refractivity contribution < 1.29 is 14.3 Å². The van der Waals surface area contributed by atoms with Gasteiger partial charge in [-0.3, -0.25) is 4.79 Å². The molecule has 1 rings (SSSR count). The number of allylic oxidation sites excluding steroid dienone is 1. The van der Waals surface area contributed by atoms with Gasteiger partial charge in [-0.05, 0) is 29.7 Å². The molecule has 0 saturated heterocycles. The molecule has 0 radical (unpaired) electrons. The van der Waals surface area contributed by atoms with Crippen LogP contribution < -0.4 is 0 Å². The van der Waals surface area contributed by atoms with E-state index in [2.05, 4.69) is 4.74 Å². The second-order valence-corrected chi connectivity index (χ2v) is 3.58. The van der Waals surface area contributed by atoms with Gasteiger partial charge in [0.1, 0.15) is 6.29 Å². The molecule has 0 atom stereocenters. The highest BCUT2D eigenvalue weighted by Crippen LogP contribution is 2.20. The van der Waals surface area contributed by atoms with E-state index < -0.39 is 0 Å². The first-order valence-corrected chi connectivity index (χ1v) is 5.11. The molecule has 1 aromatic rings. The third-order valence-electron chi connectivity index (χ3n) is 1.62. The zero-order valence-corrected chi connectivity index (χ0v) is 8.99.